The fourth-order valence-corrected chi connectivity index (χ4v) is 4.49. The van der Waals surface area contributed by atoms with Crippen LogP contribution < -0.4 is 4.74 Å². The van der Waals surface area contributed by atoms with E-state index >= 15 is 0 Å². The molecular formula is C28H33NO2. The number of aryl methyl sites for hydroxylation is 1. The smallest absolute Gasteiger partial charge is 0.128 e. The van der Waals surface area contributed by atoms with E-state index in [9.17, 15) is 5.11 Å². The molecule has 162 valence electrons. The summed E-state index contributed by atoms with van der Waals surface area (Å²) in [6.45, 7) is 15.0. The van der Waals surface area contributed by atoms with Gasteiger partial charge in [0.25, 0.3) is 0 Å². The number of nitrogens with zero attached hydrogens (tertiary/aromatic N) is 1. The molecule has 2 aromatic heterocycles. The van der Waals surface area contributed by atoms with Crippen LogP contribution in [0.3, 0.4) is 0 Å². The number of methoxy groups -OCH3 is 1. The van der Waals surface area contributed by atoms with Gasteiger partial charge in [-0.1, -0.05) is 53.7 Å². The lowest BCUT2D eigenvalue weighted by Crippen LogP contribution is -2.17. The Balaban J connectivity index is 2.21. The Morgan fingerprint density at radius 1 is 0.839 bits per heavy atom. The summed E-state index contributed by atoms with van der Waals surface area (Å²) in [4.78, 5) is 0. The number of hydrogen-bond acceptors (Lipinski definition) is 2. The van der Waals surface area contributed by atoms with Crippen molar-refractivity contribution in [3.63, 3.8) is 0 Å². The Morgan fingerprint density at radius 3 is 2.00 bits per heavy atom. The summed E-state index contributed by atoms with van der Waals surface area (Å²) in [6, 6.07) is 14.9. The minimum atomic E-state index is -0.188. The van der Waals surface area contributed by atoms with Crippen molar-refractivity contribution in [1.29, 1.82) is 0 Å². The first-order valence-electron chi connectivity index (χ1n) is 10.9. The Hall–Kier alpha value is -2.94. The van der Waals surface area contributed by atoms with Crippen LogP contribution in [-0.4, -0.2) is 16.6 Å². The van der Waals surface area contributed by atoms with Crippen molar-refractivity contribution >= 4 is 16.4 Å². The number of phenolic OH excluding ortho intramolecular Hbond substituents is 1. The zero-order valence-electron chi connectivity index (χ0n) is 19.9. The molecule has 2 aromatic carbocycles. The lowest BCUT2D eigenvalue weighted by Gasteiger charge is -2.28. The van der Waals surface area contributed by atoms with E-state index in [0.717, 1.165) is 44.4 Å². The number of pyridine rings is 1. The number of rotatable bonds is 2. The molecule has 0 bridgehead atoms. The van der Waals surface area contributed by atoms with Crippen LogP contribution in [0.15, 0.2) is 48.7 Å². The van der Waals surface area contributed by atoms with Crippen molar-refractivity contribution in [2.24, 2.45) is 0 Å². The van der Waals surface area contributed by atoms with Gasteiger partial charge in [0, 0.05) is 22.9 Å². The van der Waals surface area contributed by atoms with Crippen LogP contribution in [0.1, 0.15) is 58.2 Å². The van der Waals surface area contributed by atoms with E-state index in [-0.39, 0.29) is 10.8 Å². The second-order valence-corrected chi connectivity index (χ2v) is 10.6. The van der Waals surface area contributed by atoms with E-state index in [1.807, 2.05) is 12.1 Å². The largest absolute Gasteiger partial charge is 0.507 e. The fraction of sp³-hybridized carbons (Fsp3) is 0.357. The van der Waals surface area contributed by atoms with E-state index in [2.05, 4.69) is 89.4 Å². The number of phenols is 1. The van der Waals surface area contributed by atoms with Crippen LogP contribution in [0.2, 0.25) is 0 Å². The van der Waals surface area contributed by atoms with Crippen molar-refractivity contribution in [2.75, 3.05) is 7.11 Å². The van der Waals surface area contributed by atoms with Gasteiger partial charge in [-0.2, -0.15) is 0 Å². The van der Waals surface area contributed by atoms with Crippen LogP contribution >= 0.6 is 0 Å². The molecule has 4 aromatic rings. The zero-order valence-corrected chi connectivity index (χ0v) is 19.9. The summed E-state index contributed by atoms with van der Waals surface area (Å²) in [5, 5.41) is 12.3. The maximum absolute atomic E-state index is 11.2. The van der Waals surface area contributed by atoms with Crippen LogP contribution in [0, 0.1) is 6.92 Å². The van der Waals surface area contributed by atoms with Crippen molar-refractivity contribution in [3.8, 4) is 22.6 Å². The molecular weight excluding hydrogens is 382 g/mol. The summed E-state index contributed by atoms with van der Waals surface area (Å²) in [7, 11) is 1.73. The van der Waals surface area contributed by atoms with Gasteiger partial charge in [-0.15, -0.1) is 0 Å². The Bertz CT molecular complexity index is 1260. The van der Waals surface area contributed by atoms with Crippen LogP contribution in [0.25, 0.3) is 27.5 Å². The summed E-state index contributed by atoms with van der Waals surface area (Å²) < 4.78 is 8.06. The number of fused-ring (bicyclic) bond motifs is 3. The van der Waals surface area contributed by atoms with Gasteiger partial charge in [0.15, 0.2) is 0 Å². The van der Waals surface area contributed by atoms with Crippen LogP contribution in [0.5, 0.6) is 11.5 Å². The number of ether oxygens (including phenoxy) is 1. The van der Waals surface area contributed by atoms with Gasteiger partial charge in [0.1, 0.15) is 11.5 Å². The highest BCUT2D eigenvalue weighted by molar-refractivity contribution is 6.09. The molecule has 0 saturated carbocycles. The standard InChI is InChI=1S/C28H33NO2/c1-17-12-13-22-24(25-21(29(22)16-17)10-9-11-23(25)31-8)18-14-19(27(2,3)4)26(30)20(15-18)28(5,6)7/h9-16,30H,1-8H3. The maximum Gasteiger partial charge on any atom is 0.128 e. The number of aromatic hydroxyl groups is 1. The maximum atomic E-state index is 11.2. The normalized spacial score (nSPS) is 12.6. The highest BCUT2D eigenvalue weighted by atomic mass is 16.5. The first-order chi connectivity index (χ1) is 14.4. The third kappa shape index (κ3) is 3.46. The van der Waals surface area contributed by atoms with Gasteiger partial charge >= 0.3 is 0 Å². The van der Waals surface area contributed by atoms with Gasteiger partial charge in [0.2, 0.25) is 0 Å². The van der Waals surface area contributed by atoms with Gasteiger partial charge < -0.3 is 14.2 Å². The van der Waals surface area contributed by atoms with Gasteiger partial charge in [0.05, 0.1) is 23.5 Å². The second kappa shape index (κ2) is 7.05. The highest BCUT2D eigenvalue weighted by Gasteiger charge is 2.28. The minimum absolute atomic E-state index is 0.188. The first-order valence-corrected chi connectivity index (χ1v) is 10.9. The molecule has 31 heavy (non-hydrogen) atoms. The van der Waals surface area contributed by atoms with Gasteiger partial charge in [-0.05, 0) is 59.2 Å². The molecule has 4 rings (SSSR count). The van der Waals surface area contributed by atoms with Crippen LogP contribution in [-0.2, 0) is 10.8 Å². The molecule has 2 heterocycles. The minimum Gasteiger partial charge on any atom is -0.507 e. The molecule has 0 fully saturated rings. The molecule has 0 saturated heterocycles. The number of aromatic nitrogens is 1. The van der Waals surface area contributed by atoms with Gasteiger partial charge in [-0.3, -0.25) is 0 Å². The van der Waals surface area contributed by atoms with E-state index in [4.69, 9.17) is 4.74 Å². The summed E-state index contributed by atoms with van der Waals surface area (Å²) in [6.07, 6.45) is 2.18. The Morgan fingerprint density at radius 2 is 1.45 bits per heavy atom. The summed E-state index contributed by atoms with van der Waals surface area (Å²) >= 11 is 0. The quantitative estimate of drug-likeness (QED) is 0.371. The molecule has 0 aliphatic heterocycles. The van der Waals surface area contributed by atoms with E-state index in [0.29, 0.717) is 5.75 Å². The molecule has 1 N–H and O–H groups in total. The lowest BCUT2D eigenvalue weighted by atomic mass is 9.77. The SMILES string of the molecule is COc1cccc2c1c(-c1cc(C(C)(C)C)c(O)c(C(C)(C)C)c1)c1ccc(C)cn12. The third-order valence-corrected chi connectivity index (χ3v) is 6.10. The predicted octanol–water partition coefficient (Wildman–Crippen LogP) is 7.38. The molecule has 0 unspecified atom stereocenters. The molecule has 3 nitrogen and oxygen atoms in total. The fourth-order valence-electron chi connectivity index (χ4n) is 4.49. The van der Waals surface area contributed by atoms with Crippen molar-refractivity contribution < 1.29 is 9.84 Å². The Labute approximate surface area is 185 Å². The van der Waals surface area contributed by atoms with Crippen LogP contribution in [0.4, 0.5) is 0 Å². The van der Waals surface area contributed by atoms with Crippen molar-refractivity contribution in [3.05, 3.63) is 65.4 Å². The molecule has 0 spiro atoms. The lowest BCUT2D eigenvalue weighted by molar-refractivity contribution is 0.420. The highest BCUT2D eigenvalue weighted by Crippen LogP contribution is 2.46. The number of benzene rings is 2. The monoisotopic (exact) mass is 415 g/mol. The van der Waals surface area contributed by atoms with Crippen molar-refractivity contribution in [1.82, 2.24) is 4.40 Å². The molecule has 0 amide bonds. The average molecular weight is 416 g/mol. The number of hydrogen-bond donors (Lipinski definition) is 1. The average Bonchev–Trinajstić information content (AvgIpc) is 3.00. The molecule has 0 radical (unpaired) electrons. The van der Waals surface area contributed by atoms with E-state index < -0.39 is 0 Å². The van der Waals surface area contributed by atoms with E-state index in [1.54, 1.807) is 7.11 Å². The third-order valence-electron chi connectivity index (χ3n) is 6.10. The van der Waals surface area contributed by atoms with Gasteiger partial charge in [-0.25, -0.2) is 0 Å². The zero-order chi connectivity index (χ0) is 22.7. The predicted molar refractivity (Wildman–Crippen MR) is 131 cm³/mol. The Kier molecular flexibility index (Phi) is 4.84. The molecule has 0 aliphatic carbocycles. The van der Waals surface area contributed by atoms with Crippen molar-refractivity contribution in [2.45, 2.75) is 59.3 Å². The van der Waals surface area contributed by atoms with E-state index in [1.165, 1.54) is 5.56 Å². The molecule has 0 aliphatic rings. The first kappa shape index (κ1) is 21.3. The topological polar surface area (TPSA) is 33.9 Å². The molecule has 0 atom stereocenters. The summed E-state index contributed by atoms with van der Waals surface area (Å²) in [5.74, 6) is 1.26. The summed E-state index contributed by atoms with van der Waals surface area (Å²) in [5.41, 5.74) is 7.26. The molecule has 3 heteroatoms. The second-order valence-electron chi connectivity index (χ2n) is 10.6.